The van der Waals surface area contributed by atoms with E-state index in [1.165, 1.54) is 0 Å². The third-order valence-electron chi connectivity index (χ3n) is 2.75. The number of nitrogens with one attached hydrogen (secondary N) is 2. The van der Waals surface area contributed by atoms with E-state index in [2.05, 4.69) is 16.1 Å². The Balaban J connectivity index is 2.71. The van der Waals surface area contributed by atoms with Crippen LogP contribution >= 0.6 is 0 Å². The lowest BCUT2D eigenvalue weighted by molar-refractivity contribution is 0.392. The fourth-order valence-corrected chi connectivity index (χ4v) is 3.08. The Morgan fingerprint density at radius 3 is 2.40 bits per heavy atom. The first kappa shape index (κ1) is 16.6. The number of benzene rings is 1. The summed E-state index contributed by atoms with van der Waals surface area (Å²) in [4.78, 5) is 0. The van der Waals surface area contributed by atoms with E-state index in [0.29, 0.717) is 13.0 Å². The van der Waals surface area contributed by atoms with Crippen molar-refractivity contribution in [3.05, 3.63) is 35.9 Å². The largest absolute Gasteiger partial charge is 0.307 e. The zero-order valence-electron chi connectivity index (χ0n) is 12.1. The van der Waals surface area contributed by atoms with Crippen molar-refractivity contribution in [3.8, 4) is 6.07 Å². The number of hydrogen-bond acceptors (Lipinski definition) is 4. The normalized spacial score (nSPS) is 13.7. The van der Waals surface area contributed by atoms with Crippen molar-refractivity contribution in [1.82, 2.24) is 10.0 Å². The molecule has 0 aliphatic carbocycles. The molecule has 1 aromatic rings. The predicted octanol–water partition coefficient (Wildman–Crippen LogP) is 1.56. The molecule has 0 saturated heterocycles. The van der Waals surface area contributed by atoms with Crippen LogP contribution < -0.4 is 10.0 Å². The first-order valence-corrected chi connectivity index (χ1v) is 8.27. The molecule has 1 rings (SSSR count). The number of nitrogens with zero attached hydrogens (tertiary/aromatic N) is 1. The Hall–Kier alpha value is -1.42. The average Bonchev–Trinajstić information content (AvgIpc) is 2.32. The molecule has 0 amide bonds. The minimum Gasteiger partial charge on any atom is -0.307 e. The van der Waals surface area contributed by atoms with Crippen LogP contribution in [-0.2, 0) is 10.0 Å². The molecule has 0 aromatic heterocycles. The number of hydrogen-bond donors (Lipinski definition) is 2. The number of nitriles is 1. The Morgan fingerprint density at radius 2 is 1.90 bits per heavy atom. The van der Waals surface area contributed by atoms with E-state index >= 15 is 0 Å². The minimum atomic E-state index is -3.26. The minimum absolute atomic E-state index is 0.109. The van der Waals surface area contributed by atoms with Gasteiger partial charge in [0.25, 0.3) is 0 Å². The lowest BCUT2D eigenvalue weighted by atomic mass is 10.0. The van der Waals surface area contributed by atoms with Crippen LogP contribution in [-0.4, -0.2) is 26.8 Å². The highest BCUT2D eigenvalue weighted by Gasteiger charge is 2.23. The van der Waals surface area contributed by atoms with Gasteiger partial charge in [0.15, 0.2) is 0 Å². The predicted molar refractivity (Wildman–Crippen MR) is 79.5 cm³/mol. The van der Waals surface area contributed by atoms with Crippen LogP contribution in [0.15, 0.2) is 30.3 Å². The Morgan fingerprint density at radius 1 is 1.30 bits per heavy atom. The van der Waals surface area contributed by atoms with Crippen molar-refractivity contribution >= 4 is 10.0 Å². The maximum atomic E-state index is 11.3. The molecule has 0 heterocycles. The zero-order valence-corrected chi connectivity index (χ0v) is 12.9. The van der Waals surface area contributed by atoms with Crippen LogP contribution in [0.25, 0.3) is 0 Å². The molecule has 20 heavy (non-hydrogen) atoms. The summed E-state index contributed by atoms with van der Waals surface area (Å²) in [6.07, 6.45) is 1.47. The molecule has 1 unspecified atom stereocenters. The van der Waals surface area contributed by atoms with Crippen molar-refractivity contribution in [2.45, 2.75) is 31.8 Å². The molecule has 0 fully saturated rings. The van der Waals surface area contributed by atoms with Gasteiger partial charge in [0.1, 0.15) is 0 Å². The van der Waals surface area contributed by atoms with E-state index in [1.807, 2.05) is 30.3 Å². The molecule has 0 radical (unpaired) electrons. The topological polar surface area (TPSA) is 82.0 Å². The summed E-state index contributed by atoms with van der Waals surface area (Å²) in [6.45, 7) is 4.03. The van der Waals surface area contributed by atoms with E-state index in [1.54, 1.807) is 13.8 Å². The molecule has 1 aromatic carbocycles. The van der Waals surface area contributed by atoms with Crippen LogP contribution in [0.5, 0.6) is 0 Å². The van der Waals surface area contributed by atoms with Gasteiger partial charge in [-0.1, -0.05) is 30.3 Å². The second-order valence-electron chi connectivity index (χ2n) is 5.46. The quantitative estimate of drug-likeness (QED) is 0.800. The van der Waals surface area contributed by atoms with Crippen molar-refractivity contribution in [2.75, 3.05) is 12.8 Å². The van der Waals surface area contributed by atoms with Gasteiger partial charge in [-0.2, -0.15) is 5.26 Å². The Kier molecular flexibility index (Phi) is 5.69. The van der Waals surface area contributed by atoms with Gasteiger partial charge in [0, 0.05) is 18.1 Å². The van der Waals surface area contributed by atoms with E-state index in [4.69, 9.17) is 5.26 Å². The molecule has 0 bridgehead atoms. The number of rotatable bonds is 7. The Labute approximate surface area is 121 Å². The first-order chi connectivity index (χ1) is 9.23. The zero-order chi connectivity index (χ0) is 15.2. The monoisotopic (exact) mass is 295 g/mol. The van der Waals surface area contributed by atoms with Crippen LogP contribution in [0.4, 0.5) is 0 Å². The SMILES string of the molecule is CC(C)(CNC(CC#N)c1ccccc1)NS(C)(=O)=O. The summed E-state index contributed by atoms with van der Waals surface area (Å²) in [6, 6.07) is 11.7. The Bertz CT molecular complexity index is 562. The number of sulfonamides is 1. The fourth-order valence-electron chi connectivity index (χ4n) is 2.00. The summed E-state index contributed by atoms with van der Waals surface area (Å²) in [7, 11) is -3.26. The van der Waals surface area contributed by atoms with Gasteiger partial charge in [0.05, 0.1) is 18.7 Å². The van der Waals surface area contributed by atoms with Crippen molar-refractivity contribution in [2.24, 2.45) is 0 Å². The van der Waals surface area contributed by atoms with Gasteiger partial charge in [-0.15, -0.1) is 0 Å². The molecule has 0 aliphatic rings. The molecule has 5 nitrogen and oxygen atoms in total. The van der Waals surface area contributed by atoms with E-state index < -0.39 is 15.6 Å². The second-order valence-corrected chi connectivity index (χ2v) is 7.21. The third-order valence-corrected chi connectivity index (χ3v) is 3.67. The van der Waals surface area contributed by atoms with Crippen molar-refractivity contribution in [1.29, 1.82) is 5.26 Å². The van der Waals surface area contributed by atoms with Crippen LogP contribution in [0.2, 0.25) is 0 Å². The van der Waals surface area contributed by atoms with Gasteiger partial charge in [-0.25, -0.2) is 13.1 Å². The van der Waals surface area contributed by atoms with E-state index in [9.17, 15) is 8.42 Å². The molecular formula is C14H21N3O2S. The molecule has 0 spiro atoms. The highest BCUT2D eigenvalue weighted by Crippen LogP contribution is 2.16. The summed E-state index contributed by atoms with van der Waals surface area (Å²) in [5.41, 5.74) is 0.403. The second kappa shape index (κ2) is 6.84. The lowest BCUT2D eigenvalue weighted by Gasteiger charge is -2.28. The highest BCUT2D eigenvalue weighted by molar-refractivity contribution is 7.88. The van der Waals surface area contributed by atoms with Crippen LogP contribution in [0.3, 0.4) is 0 Å². The average molecular weight is 295 g/mol. The van der Waals surface area contributed by atoms with Crippen molar-refractivity contribution < 1.29 is 8.42 Å². The molecule has 2 N–H and O–H groups in total. The fraction of sp³-hybridized carbons (Fsp3) is 0.500. The van der Waals surface area contributed by atoms with Gasteiger partial charge < -0.3 is 5.32 Å². The highest BCUT2D eigenvalue weighted by atomic mass is 32.2. The summed E-state index contributed by atoms with van der Waals surface area (Å²) < 4.78 is 25.2. The molecule has 0 aliphatic heterocycles. The van der Waals surface area contributed by atoms with E-state index in [0.717, 1.165) is 11.8 Å². The van der Waals surface area contributed by atoms with Crippen molar-refractivity contribution in [3.63, 3.8) is 0 Å². The molecule has 6 heteroatoms. The maximum Gasteiger partial charge on any atom is 0.209 e. The molecular weight excluding hydrogens is 274 g/mol. The lowest BCUT2D eigenvalue weighted by Crippen LogP contribution is -2.50. The molecule has 0 saturated carbocycles. The maximum absolute atomic E-state index is 11.3. The van der Waals surface area contributed by atoms with Crippen LogP contribution in [0.1, 0.15) is 31.9 Å². The standard InChI is InChI=1S/C14H21N3O2S/c1-14(2,17-20(3,18)19)11-16-13(9-10-15)12-7-5-4-6-8-12/h4-8,13,16-17H,9,11H2,1-3H3. The van der Waals surface area contributed by atoms with E-state index in [-0.39, 0.29) is 6.04 Å². The molecule has 110 valence electrons. The van der Waals surface area contributed by atoms with Gasteiger partial charge in [0.2, 0.25) is 10.0 Å². The van der Waals surface area contributed by atoms with Crippen LogP contribution in [0, 0.1) is 11.3 Å². The third kappa shape index (κ3) is 6.15. The van der Waals surface area contributed by atoms with Gasteiger partial charge >= 0.3 is 0 Å². The summed E-state index contributed by atoms with van der Waals surface area (Å²) in [5, 5.41) is 12.2. The summed E-state index contributed by atoms with van der Waals surface area (Å²) in [5.74, 6) is 0. The smallest absolute Gasteiger partial charge is 0.209 e. The van der Waals surface area contributed by atoms with Gasteiger partial charge in [-0.05, 0) is 19.4 Å². The van der Waals surface area contributed by atoms with Gasteiger partial charge in [-0.3, -0.25) is 0 Å². The first-order valence-electron chi connectivity index (χ1n) is 6.38. The summed E-state index contributed by atoms with van der Waals surface area (Å²) >= 11 is 0. The molecule has 1 atom stereocenters.